The number of hydrogen-bond donors (Lipinski definition) is 2. The summed E-state index contributed by atoms with van der Waals surface area (Å²) in [6, 6.07) is 13.2. The normalized spacial score (nSPS) is 11.8. The number of carbonyl (C=O) groups is 2. The smallest absolute Gasteiger partial charge is 0.265 e. The van der Waals surface area contributed by atoms with Gasteiger partial charge in [-0.25, -0.2) is 0 Å². The molecule has 2 amide bonds. The lowest BCUT2D eigenvalue weighted by atomic mass is 10.0. The lowest BCUT2D eigenvalue weighted by molar-refractivity contribution is -0.122. The van der Waals surface area contributed by atoms with E-state index in [1.165, 1.54) is 5.56 Å². The van der Waals surface area contributed by atoms with E-state index in [1.54, 1.807) is 26.0 Å². The van der Waals surface area contributed by atoms with Crippen LogP contribution in [-0.2, 0) is 9.59 Å². The Bertz CT molecular complexity index is 798. The molecule has 1 unspecified atom stereocenters. The van der Waals surface area contributed by atoms with E-state index in [9.17, 15) is 9.59 Å². The van der Waals surface area contributed by atoms with Crippen molar-refractivity contribution in [2.45, 2.75) is 53.1 Å². The van der Waals surface area contributed by atoms with Gasteiger partial charge in [-0.15, -0.1) is 0 Å². The van der Waals surface area contributed by atoms with Crippen LogP contribution in [0.1, 0.15) is 51.2 Å². The third kappa shape index (κ3) is 5.58. The van der Waals surface area contributed by atoms with Gasteiger partial charge in [-0.3, -0.25) is 9.59 Å². The average Bonchev–Trinajstić information content (AvgIpc) is 2.65. The lowest BCUT2D eigenvalue weighted by Gasteiger charge is -2.17. The second-order valence-corrected chi connectivity index (χ2v) is 6.85. The maximum atomic E-state index is 12.5. The summed E-state index contributed by atoms with van der Waals surface area (Å²) in [7, 11) is 0. The molecule has 0 spiro atoms. The molecule has 27 heavy (non-hydrogen) atoms. The van der Waals surface area contributed by atoms with Crippen LogP contribution in [0.25, 0.3) is 0 Å². The van der Waals surface area contributed by atoms with Crippen molar-refractivity contribution in [2.75, 3.05) is 10.6 Å². The third-order valence-corrected chi connectivity index (χ3v) is 4.42. The SMILES string of the molecule is CCC(=O)Nc1cccc(NC(=O)C(C)Oc2ccc(C(C)C)cc2)c1C. The number of rotatable bonds is 7. The van der Waals surface area contributed by atoms with Crippen molar-refractivity contribution < 1.29 is 14.3 Å². The minimum absolute atomic E-state index is 0.0666. The van der Waals surface area contributed by atoms with E-state index in [0.717, 1.165) is 5.56 Å². The predicted molar refractivity (Wildman–Crippen MR) is 109 cm³/mol. The van der Waals surface area contributed by atoms with Gasteiger partial charge in [0.15, 0.2) is 6.10 Å². The highest BCUT2D eigenvalue weighted by atomic mass is 16.5. The highest BCUT2D eigenvalue weighted by Crippen LogP contribution is 2.24. The fourth-order valence-corrected chi connectivity index (χ4v) is 2.57. The fraction of sp³-hybridized carbons (Fsp3) is 0.364. The molecule has 5 heteroatoms. The first-order valence-electron chi connectivity index (χ1n) is 9.28. The predicted octanol–water partition coefficient (Wildman–Crippen LogP) is 4.87. The van der Waals surface area contributed by atoms with Crippen molar-refractivity contribution >= 4 is 23.2 Å². The maximum absolute atomic E-state index is 12.5. The molecular weight excluding hydrogens is 340 g/mol. The quantitative estimate of drug-likeness (QED) is 0.732. The van der Waals surface area contributed by atoms with Crippen molar-refractivity contribution in [1.29, 1.82) is 0 Å². The molecule has 0 aromatic heterocycles. The van der Waals surface area contributed by atoms with Crippen LogP contribution in [0.5, 0.6) is 5.75 Å². The summed E-state index contributed by atoms with van der Waals surface area (Å²) in [5.41, 5.74) is 3.37. The topological polar surface area (TPSA) is 67.4 Å². The first-order chi connectivity index (χ1) is 12.8. The molecule has 2 aromatic rings. The Labute approximate surface area is 161 Å². The summed E-state index contributed by atoms with van der Waals surface area (Å²) >= 11 is 0. The molecule has 2 rings (SSSR count). The van der Waals surface area contributed by atoms with E-state index in [-0.39, 0.29) is 11.8 Å². The number of anilines is 2. The number of nitrogens with one attached hydrogen (secondary N) is 2. The largest absolute Gasteiger partial charge is 0.481 e. The Hall–Kier alpha value is -2.82. The summed E-state index contributed by atoms with van der Waals surface area (Å²) in [5, 5.41) is 5.71. The summed E-state index contributed by atoms with van der Waals surface area (Å²) in [5.74, 6) is 0.791. The first kappa shape index (κ1) is 20.5. The zero-order valence-corrected chi connectivity index (χ0v) is 16.6. The van der Waals surface area contributed by atoms with Crippen molar-refractivity contribution in [3.05, 3.63) is 53.6 Å². The number of ether oxygens (including phenoxy) is 1. The van der Waals surface area contributed by atoms with Crippen LogP contribution in [0, 0.1) is 6.92 Å². The minimum Gasteiger partial charge on any atom is -0.481 e. The number of benzene rings is 2. The van der Waals surface area contributed by atoms with Gasteiger partial charge in [-0.1, -0.05) is 39.0 Å². The van der Waals surface area contributed by atoms with E-state index < -0.39 is 6.10 Å². The molecule has 1 atom stereocenters. The van der Waals surface area contributed by atoms with Gasteiger partial charge in [0.05, 0.1) is 0 Å². The molecular formula is C22H28N2O3. The van der Waals surface area contributed by atoms with Gasteiger partial charge in [0.2, 0.25) is 5.91 Å². The van der Waals surface area contributed by atoms with Gasteiger partial charge in [0.25, 0.3) is 5.91 Å². The summed E-state index contributed by atoms with van der Waals surface area (Å²) in [6.07, 6.45) is -0.251. The second-order valence-electron chi connectivity index (χ2n) is 6.85. The van der Waals surface area contributed by atoms with Crippen LogP contribution >= 0.6 is 0 Å². The average molecular weight is 368 g/mol. The molecule has 0 aliphatic rings. The molecule has 0 aliphatic heterocycles. The summed E-state index contributed by atoms with van der Waals surface area (Å²) in [6.45, 7) is 9.63. The summed E-state index contributed by atoms with van der Waals surface area (Å²) in [4.78, 5) is 24.1. The van der Waals surface area contributed by atoms with Crippen LogP contribution in [-0.4, -0.2) is 17.9 Å². The Kier molecular flexibility index (Phi) is 6.99. The van der Waals surface area contributed by atoms with Crippen molar-refractivity contribution in [3.63, 3.8) is 0 Å². The molecule has 144 valence electrons. The van der Waals surface area contributed by atoms with Gasteiger partial charge in [-0.2, -0.15) is 0 Å². The second kappa shape index (κ2) is 9.21. The molecule has 0 saturated carbocycles. The Balaban J connectivity index is 2.03. The maximum Gasteiger partial charge on any atom is 0.265 e. The molecule has 5 nitrogen and oxygen atoms in total. The van der Waals surface area contributed by atoms with Crippen molar-refractivity contribution in [2.24, 2.45) is 0 Å². The molecule has 0 saturated heterocycles. The first-order valence-corrected chi connectivity index (χ1v) is 9.28. The van der Waals surface area contributed by atoms with Crippen LogP contribution in [0.3, 0.4) is 0 Å². The minimum atomic E-state index is -0.650. The lowest BCUT2D eigenvalue weighted by Crippen LogP contribution is -2.30. The molecule has 2 N–H and O–H groups in total. The number of amides is 2. The fourth-order valence-electron chi connectivity index (χ4n) is 2.57. The highest BCUT2D eigenvalue weighted by molar-refractivity contribution is 5.97. The van der Waals surface area contributed by atoms with Gasteiger partial charge in [0, 0.05) is 17.8 Å². The van der Waals surface area contributed by atoms with Crippen LogP contribution in [0.4, 0.5) is 11.4 Å². The third-order valence-electron chi connectivity index (χ3n) is 4.42. The molecule has 0 aliphatic carbocycles. The number of hydrogen-bond acceptors (Lipinski definition) is 3. The highest BCUT2D eigenvalue weighted by Gasteiger charge is 2.17. The van der Waals surface area contributed by atoms with E-state index in [0.29, 0.717) is 29.5 Å². The molecule has 0 heterocycles. The molecule has 0 radical (unpaired) electrons. The van der Waals surface area contributed by atoms with Crippen LogP contribution < -0.4 is 15.4 Å². The van der Waals surface area contributed by atoms with Crippen LogP contribution in [0.2, 0.25) is 0 Å². The monoisotopic (exact) mass is 368 g/mol. The van der Waals surface area contributed by atoms with Gasteiger partial charge < -0.3 is 15.4 Å². The van der Waals surface area contributed by atoms with Crippen LogP contribution in [0.15, 0.2) is 42.5 Å². The van der Waals surface area contributed by atoms with Crippen molar-refractivity contribution in [1.82, 2.24) is 0 Å². The molecule has 2 aromatic carbocycles. The zero-order chi connectivity index (χ0) is 20.0. The van der Waals surface area contributed by atoms with Gasteiger partial charge >= 0.3 is 0 Å². The van der Waals surface area contributed by atoms with E-state index in [1.807, 2.05) is 37.3 Å². The van der Waals surface area contributed by atoms with Crippen molar-refractivity contribution in [3.8, 4) is 5.75 Å². The molecule has 0 fully saturated rings. The van der Waals surface area contributed by atoms with Gasteiger partial charge in [0.1, 0.15) is 5.75 Å². The molecule has 0 bridgehead atoms. The van der Waals surface area contributed by atoms with E-state index in [4.69, 9.17) is 4.74 Å². The summed E-state index contributed by atoms with van der Waals surface area (Å²) < 4.78 is 5.75. The Morgan fingerprint density at radius 2 is 1.56 bits per heavy atom. The van der Waals surface area contributed by atoms with E-state index in [2.05, 4.69) is 24.5 Å². The standard InChI is InChI=1S/C22H28N2O3/c1-6-21(25)23-19-8-7-9-20(15(19)4)24-22(26)16(5)27-18-12-10-17(11-13-18)14(2)3/h7-14,16H,6H2,1-5H3,(H,23,25)(H,24,26). The van der Waals surface area contributed by atoms with E-state index >= 15 is 0 Å². The Morgan fingerprint density at radius 3 is 2.11 bits per heavy atom. The van der Waals surface area contributed by atoms with Gasteiger partial charge in [-0.05, 0) is 55.2 Å². The number of carbonyl (C=O) groups excluding carboxylic acids is 2. The Morgan fingerprint density at radius 1 is 0.963 bits per heavy atom. The zero-order valence-electron chi connectivity index (χ0n) is 16.6.